The Balaban J connectivity index is 1.68. The van der Waals surface area contributed by atoms with E-state index in [1.807, 2.05) is 31.2 Å². The Morgan fingerprint density at radius 3 is 2.57 bits per heavy atom. The van der Waals surface area contributed by atoms with Crippen molar-refractivity contribution >= 4 is 17.6 Å². The molecule has 30 heavy (non-hydrogen) atoms. The molecule has 0 saturated heterocycles. The molecule has 0 heterocycles. The molecule has 4 nitrogen and oxygen atoms in total. The number of hydrogen-bond acceptors (Lipinski definition) is 4. The molecule has 5 heteroatoms. The van der Waals surface area contributed by atoms with E-state index in [0.717, 1.165) is 12.0 Å². The van der Waals surface area contributed by atoms with Crippen LogP contribution in [0.15, 0.2) is 72.8 Å². The number of carbonyl (C=O) groups excluding carboxylic acids is 1. The highest BCUT2D eigenvalue weighted by Crippen LogP contribution is 2.23. The molecule has 0 atom stereocenters. The van der Waals surface area contributed by atoms with Gasteiger partial charge in [0.1, 0.15) is 17.3 Å². The Morgan fingerprint density at radius 1 is 1.03 bits per heavy atom. The third-order valence-electron chi connectivity index (χ3n) is 4.35. The van der Waals surface area contributed by atoms with E-state index in [1.54, 1.807) is 54.6 Å². The van der Waals surface area contributed by atoms with Crippen molar-refractivity contribution < 1.29 is 18.7 Å². The lowest BCUT2D eigenvalue weighted by Gasteiger charge is -2.08. The average Bonchev–Trinajstić information content (AvgIpc) is 2.77. The van der Waals surface area contributed by atoms with Crippen molar-refractivity contribution in [2.75, 3.05) is 6.61 Å². The summed E-state index contributed by atoms with van der Waals surface area (Å²) in [6.07, 6.45) is 2.42. The summed E-state index contributed by atoms with van der Waals surface area (Å²) in [5.41, 5.74) is 2.11. The van der Waals surface area contributed by atoms with Gasteiger partial charge < -0.3 is 9.47 Å². The van der Waals surface area contributed by atoms with Gasteiger partial charge in [-0.15, -0.1) is 0 Å². The molecule has 0 amide bonds. The molecule has 0 N–H and O–H groups in total. The van der Waals surface area contributed by atoms with Gasteiger partial charge in [0.15, 0.2) is 6.61 Å². The third kappa shape index (κ3) is 5.55. The maximum absolute atomic E-state index is 14.0. The summed E-state index contributed by atoms with van der Waals surface area (Å²) in [5, 5.41) is 9.41. The van der Waals surface area contributed by atoms with Crippen LogP contribution in [0.4, 0.5) is 4.39 Å². The maximum atomic E-state index is 14.0. The summed E-state index contributed by atoms with van der Waals surface area (Å²) in [6, 6.07) is 22.3. The second kappa shape index (κ2) is 10.0. The molecule has 0 bridgehead atoms. The molecule has 0 spiro atoms. The van der Waals surface area contributed by atoms with E-state index in [0.29, 0.717) is 17.1 Å². The molecule has 0 aliphatic rings. The Bertz CT molecular complexity index is 1120. The van der Waals surface area contributed by atoms with E-state index in [1.165, 1.54) is 6.07 Å². The summed E-state index contributed by atoms with van der Waals surface area (Å²) in [6.45, 7) is 1.81. The predicted molar refractivity (Wildman–Crippen MR) is 113 cm³/mol. The fourth-order valence-corrected chi connectivity index (χ4v) is 2.84. The van der Waals surface area contributed by atoms with Gasteiger partial charge in [-0.3, -0.25) is 0 Å². The van der Waals surface area contributed by atoms with Crippen molar-refractivity contribution in [1.29, 1.82) is 5.26 Å². The number of nitrogens with zero attached hydrogens (tertiary/aromatic N) is 1. The Hall–Kier alpha value is -3.91. The van der Waals surface area contributed by atoms with Crippen molar-refractivity contribution in [2.24, 2.45) is 0 Å². The predicted octanol–water partition coefficient (Wildman–Crippen LogP) is 5.44. The number of nitriles is 1. The second-order valence-corrected chi connectivity index (χ2v) is 6.49. The van der Waals surface area contributed by atoms with E-state index in [4.69, 9.17) is 9.47 Å². The van der Waals surface area contributed by atoms with Crippen LogP contribution in [0.2, 0.25) is 0 Å². The van der Waals surface area contributed by atoms with Gasteiger partial charge in [-0.25, -0.2) is 9.18 Å². The molecular weight excluding hydrogens is 381 g/mol. The first-order valence-corrected chi connectivity index (χ1v) is 9.48. The van der Waals surface area contributed by atoms with Gasteiger partial charge >= 0.3 is 5.97 Å². The number of ether oxygens (including phenoxy) is 2. The Kier molecular flexibility index (Phi) is 6.96. The lowest BCUT2D eigenvalue weighted by atomic mass is 10.0. The fourth-order valence-electron chi connectivity index (χ4n) is 2.84. The zero-order valence-corrected chi connectivity index (χ0v) is 16.5. The zero-order chi connectivity index (χ0) is 21.3. The monoisotopic (exact) mass is 401 g/mol. The standard InChI is InChI=1S/C25H20FNO3/c1-2-18-7-5-9-21(14-18)29-17-25(28)30-22-10-6-8-19(15-22)13-20(16-27)23-11-3-4-12-24(23)26/h3-15H,2,17H2,1H3/b20-13-. The summed E-state index contributed by atoms with van der Waals surface area (Å²) in [7, 11) is 0. The van der Waals surface area contributed by atoms with Gasteiger partial charge in [-0.05, 0) is 54.0 Å². The van der Waals surface area contributed by atoms with Crippen LogP contribution >= 0.6 is 0 Å². The second-order valence-electron chi connectivity index (χ2n) is 6.49. The van der Waals surface area contributed by atoms with Gasteiger partial charge in [-0.2, -0.15) is 5.26 Å². The molecule has 0 unspecified atom stereocenters. The minimum Gasteiger partial charge on any atom is -0.482 e. The first-order chi connectivity index (χ1) is 14.6. The van der Waals surface area contributed by atoms with E-state index in [2.05, 4.69) is 0 Å². The van der Waals surface area contributed by atoms with Crippen LogP contribution in [-0.4, -0.2) is 12.6 Å². The topological polar surface area (TPSA) is 59.3 Å². The van der Waals surface area contributed by atoms with Gasteiger partial charge in [-0.1, -0.05) is 49.4 Å². The molecule has 0 radical (unpaired) electrons. The van der Waals surface area contributed by atoms with Gasteiger partial charge in [0.05, 0.1) is 11.6 Å². The minimum atomic E-state index is -0.548. The highest BCUT2D eigenvalue weighted by molar-refractivity contribution is 5.90. The largest absolute Gasteiger partial charge is 0.482 e. The Morgan fingerprint density at radius 2 is 1.80 bits per heavy atom. The van der Waals surface area contributed by atoms with E-state index in [-0.39, 0.29) is 17.7 Å². The molecule has 150 valence electrons. The summed E-state index contributed by atoms with van der Waals surface area (Å²) >= 11 is 0. The van der Waals surface area contributed by atoms with Crippen LogP contribution < -0.4 is 9.47 Å². The molecule has 0 aliphatic carbocycles. The smallest absolute Gasteiger partial charge is 0.349 e. The molecule has 0 saturated carbocycles. The van der Waals surface area contributed by atoms with E-state index >= 15 is 0 Å². The third-order valence-corrected chi connectivity index (χ3v) is 4.35. The highest BCUT2D eigenvalue weighted by Gasteiger charge is 2.09. The number of allylic oxidation sites excluding steroid dienone is 1. The molecule has 3 aromatic carbocycles. The normalized spacial score (nSPS) is 10.9. The summed E-state index contributed by atoms with van der Waals surface area (Å²) in [4.78, 5) is 12.1. The van der Waals surface area contributed by atoms with Crippen molar-refractivity contribution in [1.82, 2.24) is 0 Å². The lowest BCUT2D eigenvalue weighted by molar-refractivity contribution is -0.136. The summed E-state index contributed by atoms with van der Waals surface area (Å²) < 4.78 is 24.8. The molecule has 3 aromatic rings. The van der Waals surface area contributed by atoms with Crippen LogP contribution in [0.3, 0.4) is 0 Å². The van der Waals surface area contributed by atoms with Crippen molar-refractivity contribution in [2.45, 2.75) is 13.3 Å². The number of rotatable bonds is 7. The molecule has 0 aromatic heterocycles. The summed E-state index contributed by atoms with van der Waals surface area (Å²) in [5.74, 6) is -0.109. The van der Waals surface area contributed by atoms with Gasteiger partial charge in [0.25, 0.3) is 0 Å². The average molecular weight is 401 g/mol. The molecular formula is C25H20FNO3. The van der Waals surface area contributed by atoms with E-state index < -0.39 is 11.8 Å². The van der Waals surface area contributed by atoms with Crippen molar-refractivity contribution in [3.63, 3.8) is 0 Å². The number of carbonyl (C=O) groups is 1. The number of aryl methyl sites for hydroxylation is 1. The van der Waals surface area contributed by atoms with Crippen LogP contribution in [0.5, 0.6) is 11.5 Å². The van der Waals surface area contributed by atoms with Gasteiger partial charge in [0, 0.05) is 5.56 Å². The van der Waals surface area contributed by atoms with Gasteiger partial charge in [0.2, 0.25) is 0 Å². The quantitative estimate of drug-likeness (QED) is 0.229. The van der Waals surface area contributed by atoms with Crippen molar-refractivity contribution in [3.8, 4) is 17.6 Å². The first kappa shape index (κ1) is 20.8. The number of esters is 1. The van der Waals surface area contributed by atoms with Crippen LogP contribution in [-0.2, 0) is 11.2 Å². The number of halogens is 1. The number of benzene rings is 3. The van der Waals surface area contributed by atoms with Crippen molar-refractivity contribution in [3.05, 3.63) is 95.3 Å². The lowest BCUT2D eigenvalue weighted by Crippen LogP contribution is -2.17. The molecule has 0 aliphatic heterocycles. The van der Waals surface area contributed by atoms with E-state index in [9.17, 15) is 14.4 Å². The SMILES string of the molecule is CCc1cccc(OCC(=O)Oc2cccc(/C=C(/C#N)c3ccccc3F)c2)c1. The fraction of sp³-hybridized carbons (Fsp3) is 0.120. The highest BCUT2D eigenvalue weighted by atomic mass is 19.1. The first-order valence-electron chi connectivity index (χ1n) is 9.48. The molecule has 3 rings (SSSR count). The zero-order valence-electron chi connectivity index (χ0n) is 16.5. The minimum absolute atomic E-state index is 0.177. The van der Waals surface area contributed by atoms with Crippen LogP contribution in [0.1, 0.15) is 23.6 Å². The maximum Gasteiger partial charge on any atom is 0.349 e. The molecule has 0 fully saturated rings. The number of hydrogen-bond donors (Lipinski definition) is 0. The van der Waals surface area contributed by atoms with Crippen LogP contribution in [0, 0.1) is 17.1 Å². The van der Waals surface area contributed by atoms with Crippen LogP contribution in [0.25, 0.3) is 11.6 Å². The Labute approximate surface area is 174 Å².